The number of allylic oxidation sites excluding steroid dienone is 4. The van der Waals surface area contributed by atoms with Crippen molar-refractivity contribution >= 4 is 22.9 Å². The second kappa shape index (κ2) is 8.92. The summed E-state index contributed by atoms with van der Waals surface area (Å²) in [7, 11) is 0. The minimum atomic E-state index is -0.708. The van der Waals surface area contributed by atoms with E-state index in [1.165, 1.54) is 6.07 Å². The van der Waals surface area contributed by atoms with Crippen molar-refractivity contribution in [2.45, 2.75) is 6.92 Å². The van der Waals surface area contributed by atoms with Gasteiger partial charge in [0.1, 0.15) is 24.8 Å². The van der Waals surface area contributed by atoms with Crippen LogP contribution in [0.5, 0.6) is 11.6 Å². The number of benzene rings is 1. The number of aromatic nitrogens is 1. The third kappa shape index (κ3) is 4.66. The van der Waals surface area contributed by atoms with Crippen LogP contribution in [0.2, 0.25) is 5.02 Å². The molecule has 0 fully saturated rings. The first kappa shape index (κ1) is 20.6. The van der Waals surface area contributed by atoms with E-state index in [0.717, 1.165) is 12.1 Å². The molecule has 3 rings (SSSR count). The van der Waals surface area contributed by atoms with E-state index < -0.39 is 11.6 Å². The molecule has 1 aliphatic rings. The van der Waals surface area contributed by atoms with E-state index >= 15 is 0 Å². The fraction of sp³-hybridized carbons (Fsp3) is 0.136. The molecule has 1 aromatic carbocycles. The third-order valence-electron chi connectivity index (χ3n) is 4.11. The van der Waals surface area contributed by atoms with Crippen LogP contribution in [0.4, 0.5) is 8.78 Å². The van der Waals surface area contributed by atoms with Crippen LogP contribution in [0.3, 0.4) is 0 Å². The van der Waals surface area contributed by atoms with Gasteiger partial charge in [0, 0.05) is 17.5 Å². The average Bonchev–Trinajstić information content (AvgIpc) is 2.68. The van der Waals surface area contributed by atoms with Crippen molar-refractivity contribution in [3.05, 3.63) is 89.3 Å². The number of nitrogens with one attached hydrogen (secondary N) is 1. The topological polar surface area (TPSA) is 43.4 Å². The number of hydrogen-bond donors (Lipinski definition) is 1. The molecule has 7 heteroatoms. The van der Waals surface area contributed by atoms with Crippen LogP contribution >= 0.6 is 11.6 Å². The van der Waals surface area contributed by atoms with Gasteiger partial charge in [-0.3, -0.25) is 0 Å². The Labute approximate surface area is 172 Å². The summed E-state index contributed by atoms with van der Waals surface area (Å²) < 4.78 is 38.7. The fourth-order valence-corrected chi connectivity index (χ4v) is 2.99. The Morgan fingerprint density at radius 2 is 1.86 bits per heavy atom. The van der Waals surface area contributed by atoms with Crippen LogP contribution in [0.25, 0.3) is 11.3 Å². The first-order chi connectivity index (χ1) is 13.9. The molecule has 2 heterocycles. The zero-order valence-corrected chi connectivity index (χ0v) is 16.5. The number of rotatable bonds is 6. The van der Waals surface area contributed by atoms with Gasteiger partial charge in [0.25, 0.3) is 5.88 Å². The van der Waals surface area contributed by atoms with Crippen LogP contribution < -0.4 is 14.8 Å². The minimum Gasteiger partial charge on any atom is -0.484 e. The number of pyridine rings is 1. The van der Waals surface area contributed by atoms with Crippen molar-refractivity contribution in [1.29, 1.82) is 0 Å². The van der Waals surface area contributed by atoms with Crippen molar-refractivity contribution in [2.24, 2.45) is 0 Å². The van der Waals surface area contributed by atoms with E-state index in [0.29, 0.717) is 46.8 Å². The second-order valence-corrected chi connectivity index (χ2v) is 6.53. The predicted octanol–water partition coefficient (Wildman–Crippen LogP) is 5.52. The Bertz CT molecular complexity index is 1010. The Balaban J connectivity index is 1.76. The highest BCUT2D eigenvalue weighted by molar-refractivity contribution is 6.32. The molecule has 4 nitrogen and oxygen atoms in total. The molecule has 0 bridgehead atoms. The predicted molar refractivity (Wildman–Crippen MR) is 111 cm³/mol. The molecule has 0 atom stereocenters. The summed E-state index contributed by atoms with van der Waals surface area (Å²) in [6.45, 7) is 10.2. The Morgan fingerprint density at radius 3 is 2.55 bits per heavy atom. The van der Waals surface area contributed by atoms with Crippen LogP contribution in [-0.4, -0.2) is 18.2 Å². The number of hydrogen-bond acceptors (Lipinski definition) is 4. The van der Waals surface area contributed by atoms with E-state index in [-0.39, 0.29) is 11.3 Å². The lowest BCUT2D eigenvalue weighted by Gasteiger charge is -2.18. The number of nitrogens with zero attached hydrogens (tertiary/aromatic N) is 1. The SMILES string of the molecule is C=C(/C=C\C(=C/C)c1nc2c(cc1Cl)OCCO2)NC(=C)c1c(F)cccc1F. The van der Waals surface area contributed by atoms with Gasteiger partial charge in [-0.05, 0) is 30.7 Å². The maximum atomic E-state index is 13.9. The number of fused-ring (bicyclic) bond motifs is 1. The van der Waals surface area contributed by atoms with Crippen molar-refractivity contribution in [2.75, 3.05) is 13.2 Å². The fourth-order valence-electron chi connectivity index (χ4n) is 2.74. The number of ether oxygens (including phenoxy) is 2. The summed E-state index contributed by atoms with van der Waals surface area (Å²) in [6.07, 6.45) is 5.18. The zero-order valence-electron chi connectivity index (χ0n) is 15.8. The summed E-state index contributed by atoms with van der Waals surface area (Å²) in [5, 5.41) is 3.20. The van der Waals surface area contributed by atoms with Crippen LogP contribution in [0, 0.1) is 11.6 Å². The maximum Gasteiger partial charge on any atom is 0.257 e. The highest BCUT2D eigenvalue weighted by Gasteiger charge is 2.18. The first-order valence-electron chi connectivity index (χ1n) is 8.80. The molecule has 1 aromatic heterocycles. The standard InChI is InChI=1S/C22H19ClF2N2O2/c1-4-15(21-16(23)12-19-22(27-21)29-11-10-28-19)9-8-13(2)26-14(3)20-17(24)6-5-7-18(20)25/h4-9,12,26H,2-3,10-11H2,1H3/b9-8-,15-4+. The molecule has 2 aromatic rings. The van der Waals surface area contributed by atoms with E-state index in [4.69, 9.17) is 21.1 Å². The Hall–Kier alpha value is -3.12. The van der Waals surface area contributed by atoms with E-state index in [9.17, 15) is 8.78 Å². The summed E-state index contributed by atoms with van der Waals surface area (Å²) in [4.78, 5) is 4.43. The van der Waals surface area contributed by atoms with Gasteiger partial charge < -0.3 is 14.8 Å². The average molecular weight is 417 g/mol. The molecule has 0 unspecified atom stereocenters. The quantitative estimate of drug-likeness (QED) is 0.630. The second-order valence-electron chi connectivity index (χ2n) is 6.12. The van der Waals surface area contributed by atoms with Gasteiger partial charge in [-0.25, -0.2) is 13.8 Å². The summed E-state index contributed by atoms with van der Waals surface area (Å²) >= 11 is 6.34. The van der Waals surface area contributed by atoms with Gasteiger partial charge in [0.2, 0.25) is 0 Å². The molecule has 0 saturated heterocycles. The largest absolute Gasteiger partial charge is 0.484 e. The normalized spacial score (nSPS) is 13.4. The lowest BCUT2D eigenvalue weighted by molar-refractivity contribution is 0.164. The van der Waals surface area contributed by atoms with Crippen LogP contribution in [0.15, 0.2) is 61.3 Å². The van der Waals surface area contributed by atoms with Crippen molar-refractivity contribution < 1.29 is 18.3 Å². The maximum absolute atomic E-state index is 13.9. The molecule has 0 amide bonds. The molecule has 0 spiro atoms. The Morgan fingerprint density at radius 1 is 1.17 bits per heavy atom. The molecular formula is C22H19ClF2N2O2. The molecule has 29 heavy (non-hydrogen) atoms. The van der Waals surface area contributed by atoms with E-state index in [2.05, 4.69) is 23.5 Å². The summed E-state index contributed by atoms with van der Waals surface area (Å²) in [6, 6.07) is 5.28. The minimum absolute atomic E-state index is 0.0627. The highest BCUT2D eigenvalue weighted by atomic mass is 35.5. The van der Waals surface area contributed by atoms with E-state index in [1.54, 1.807) is 18.2 Å². The van der Waals surface area contributed by atoms with Crippen molar-refractivity contribution in [1.82, 2.24) is 10.3 Å². The van der Waals surface area contributed by atoms with Gasteiger partial charge in [-0.1, -0.05) is 43.0 Å². The molecule has 0 saturated carbocycles. The van der Waals surface area contributed by atoms with Crippen molar-refractivity contribution in [3.63, 3.8) is 0 Å². The van der Waals surface area contributed by atoms with Crippen LogP contribution in [-0.2, 0) is 0 Å². The monoisotopic (exact) mass is 416 g/mol. The van der Waals surface area contributed by atoms with Gasteiger partial charge in [0.05, 0.1) is 16.3 Å². The van der Waals surface area contributed by atoms with Gasteiger partial charge in [-0.15, -0.1) is 0 Å². The summed E-state index contributed by atoms with van der Waals surface area (Å²) in [5.74, 6) is -0.538. The lowest BCUT2D eigenvalue weighted by atomic mass is 10.1. The first-order valence-corrected chi connectivity index (χ1v) is 9.18. The zero-order chi connectivity index (χ0) is 21.0. The van der Waals surface area contributed by atoms with Crippen LogP contribution in [0.1, 0.15) is 18.2 Å². The smallest absolute Gasteiger partial charge is 0.257 e. The highest BCUT2D eigenvalue weighted by Crippen LogP contribution is 2.35. The molecule has 0 aliphatic carbocycles. The van der Waals surface area contributed by atoms with E-state index in [1.807, 2.05) is 13.0 Å². The molecule has 1 N–H and O–H groups in total. The number of halogens is 3. The summed E-state index contributed by atoms with van der Waals surface area (Å²) in [5.41, 5.74) is 1.43. The molecular weight excluding hydrogens is 398 g/mol. The van der Waals surface area contributed by atoms with Gasteiger partial charge in [0.15, 0.2) is 5.75 Å². The lowest BCUT2D eigenvalue weighted by Crippen LogP contribution is -2.16. The van der Waals surface area contributed by atoms with Crippen molar-refractivity contribution in [3.8, 4) is 11.6 Å². The Kier molecular flexibility index (Phi) is 6.34. The molecule has 150 valence electrons. The molecule has 0 radical (unpaired) electrons. The molecule has 1 aliphatic heterocycles. The van der Waals surface area contributed by atoms with Gasteiger partial charge in [-0.2, -0.15) is 0 Å². The van der Waals surface area contributed by atoms with Gasteiger partial charge >= 0.3 is 0 Å². The third-order valence-corrected chi connectivity index (χ3v) is 4.40.